The Morgan fingerprint density at radius 3 is 2.48 bits per heavy atom. The Morgan fingerprint density at radius 2 is 1.81 bits per heavy atom. The quantitative estimate of drug-likeness (QED) is 0.693. The number of hydrogen-bond donors (Lipinski definition) is 1. The molecule has 3 aromatic rings. The Kier molecular flexibility index (Phi) is 5.48. The Hall–Kier alpha value is -3.28. The molecule has 2 heterocycles. The number of carbonyl (C=O) groups is 1. The highest BCUT2D eigenvalue weighted by Gasteiger charge is 2.35. The number of hydrogen-bond acceptors (Lipinski definition) is 4. The van der Waals surface area contributed by atoms with Crippen molar-refractivity contribution in [3.8, 4) is 11.5 Å². The van der Waals surface area contributed by atoms with Crippen LogP contribution in [-0.4, -0.2) is 36.6 Å². The number of benzene rings is 2. The first-order valence-corrected chi connectivity index (χ1v) is 10.5. The third kappa shape index (κ3) is 3.56. The van der Waals surface area contributed by atoms with Gasteiger partial charge in [-0.2, -0.15) is 0 Å². The molecule has 0 saturated heterocycles. The minimum atomic E-state index is -0.493. The van der Waals surface area contributed by atoms with Crippen molar-refractivity contribution in [1.29, 1.82) is 0 Å². The van der Waals surface area contributed by atoms with E-state index in [0.717, 1.165) is 27.6 Å². The topological polar surface area (TPSA) is 71.6 Å². The maximum atomic E-state index is 13.3. The first-order chi connectivity index (χ1) is 14.8. The molecular formula is C25H28N2O4. The number of amides is 1. The highest BCUT2D eigenvalue weighted by molar-refractivity contribution is 5.83. The molecule has 1 N–H and O–H groups in total. The number of fused-ring (bicyclic) bond motifs is 2. The van der Waals surface area contributed by atoms with Crippen molar-refractivity contribution in [2.75, 3.05) is 20.8 Å². The smallest absolute Gasteiger partial charge is 0.254 e. The normalized spacial score (nSPS) is 15.8. The fraction of sp³-hybridized carbons (Fsp3) is 0.360. The van der Waals surface area contributed by atoms with Gasteiger partial charge < -0.3 is 19.4 Å². The third-order valence-electron chi connectivity index (χ3n) is 6.06. The summed E-state index contributed by atoms with van der Waals surface area (Å²) in [5.74, 6) is 1.07. The predicted molar refractivity (Wildman–Crippen MR) is 121 cm³/mol. The van der Waals surface area contributed by atoms with E-state index in [2.05, 4.69) is 4.98 Å². The van der Waals surface area contributed by atoms with Gasteiger partial charge in [-0.25, -0.2) is 0 Å². The van der Waals surface area contributed by atoms with Crippen LogP contribution in [0.5, 0.6) is 11.5 Å². The third-order valence-corrected chi connectivity index (χ3v) is 6.06. The number of aryl methyl sites for hydroxylation is 1. The molecule has 1 aliphatic heterocycles. The van der Waals surface area contributed by atoms with Crippen LogP contribution in [0, 0.1) is 12.8 Å². The SMILES string of the molecule is COc1cc2c(cc1OC)[C@H](c1cc3cccc(C)c3[nH]c1=O)N(C(=O)C(C)C)CC2. The van der Waals surface area contributed by atoms with Crippen LogP contribution in [0.4, 0.5) is 0 Å². The number of rotatable bonds is 4. The first kappa shape index (κ1) is 21.0. The Labute approximate surface area is 181 Å². The summed E-state index contributed by atoms with van der Waals surface area (Å²) < 4.78 is 11.0. The molecule has 1 aliphatic rings. The van der Waals surface area contributed by atoms with E-state index in [0.29, 0.717) is 30.0 Å². The summed E-state index contributed by atoms with van der Waals surface area (Å²) in [5.41, 5.74) is 4.15. The first-order valence-electron chi connectivity index (χ1n) is 10.5. The highest BCUT2D eigenvalue weighted by atomic mass is 16.5. The number of ether oxygens (including phenoxy) is 2. The van der Waals surface area contributed by atoms with Gasteiger partial charge in [-0.15, -0.1) is 0 Å². The number of aromatic nitrogens is 1. The summed E-state index contributed by atoms with van der Waals surface area (Å²) in [4.78, 5) is 31.3. The van der Waals surface area contributed by atoms with Crippen LogP contribution in [0.3, 0.4) is 0 Å². The van der Waals surface area contributed by atoms with Gasteiger partial charge in [-0.1, -0.05) is 32.0 Å². The van der Waals surface area contributed by atoms with Crippen molar-refractivity contribution in [2.24, 2.45) is 5.92 Å². The molecule has 0 spiro atoms. The number of nitrogens with one attached hydrogen (secondary N) is 1. The summed E-state index contributed by atoms with van der Waals surface area (Å²) in [6.07, 6.45) is 0.690. The Balaban J connectivity index is 1.98. The maximum Gasteiger partial charge on any atom is 0.254 e. The zero-order valence-corrected chi connectivity index (χ0v) is 18.6. The molecule has 162 valence electrons. The zero-order valence-electron chi connectivity index (χ0n) is 18.6. The molecule has 2 aromatic carbocycles. The molecule has 4 rings (SSSR count). The summed E-state index contributed by atoms with van der Waals surface area (Å²) in [6, 6.07) is 11.2. The number of aromatic amines is 1. The van der Waals surface area contributed by atoms with Crippen LogP contribution in [0.2, 0.25) is 0 Å². The van der Waals surface area contributed by atoms with Crippen LogP contribution >= 0.6 is 0 Å². The molecule has 0 radical (unpaired) electrons. The summed E-state index contributed by atoms with van der Waals surface area (Å²) in [7, 11) is 3.19. The van der Waals surface area contributed by atoms with Crippen molar-refractivity contribution in [1.82, 2.24) is 9.88 Å². The zero-order chi connectivity index (χ0) is 22.3. The van der Waals surface area contributed by atoms with Crippen LogP contribution in [0.1, 0.15) is 42.1 Å². The number of para-hydroxylation sites is 1. The lowest BCUT2D eigenvalue weighted by atomic mass is 9.87. The van der Waals surface area contributed by atoms with Crippen LogP contribution in [0.15, 0.2) is 41.2 Å². The molecule has 0 unspecified atom stereocenters. The fourth-order valence-corrected chi connectivity index (χ4v) is 4.45. The molecule has 1 aromatic heterocycles. The number of pyridine rings is 1. The second kappa shape index (κ2) is 8.10. The summed E-state index contributed by atoms with van der Waals surface area (Å²) >= 11 is 0. The molecule has 6 nitrogen and oxygen atoms in total. The number of carbonyl (C=O) groups excluding carboxylic acids is 1. The van der Waals surface area contributed by atoms with E-state index < -0.39 is 6.04 Å². The Morgan fingerprint density at radius 1 is 1.10 bits per heavy atom. The van der Waals surface area contributed by atoms with E-state index in [4.69, 9.17) is 9.47 Å². The lowest BCUT2D eigenvalue weighted by Crippen LogP contribution is -2.44. The van der Waals surface area contributed by atoms with Gasteiger partial charge in [0.2, 0.25) is 5.91 Å². The van der Waals surface area contributed by atoms with Gasteiger partial charge in [0.1, 0.15) is 0 Å². The van der Waals surface area contributed by atoms with Gasteiger partial charge in [-0.05, 0) is 53.6 Å². The molecule has 0 bridgehead atoms. The van der Waals surface area contributed by atoms with Crippen molar-refractivity contribution in [3.05, 3.63) is 69.0 Å². The molecule has 0 fully saturated rings. The molecule has 0 saturated carbocycles. The lowest BCUT2D eigenvalue weighted by Gasteiger charge is -2.38. The van der Waals surface area contributed by atoms with E-state index in [-0.39, 0.29) is 17.4 Å². The van der Waals surface area contributed by atoms with Gasteiger partial charge in [-0.3, -0.25) is 9.59 Å². The molecule has 0 aliphatic carbocycles. The number of nitrogens with zero attached hydrogens (tertiary/aromatic N) is 1. The van der Waals surface area contributed by atoms with Crippen molar-refractivity contribution < 1.29 is 14.3 Å². The molecular weight excluding hydrogens is 392 g/mol. The fourth-order valence-electron chi connectivity index (χ4n) is 4.45. The maximum absolute atomic E-state index is 13.3. The average molecular weight is 421 g/mol. The van der Waals surface area contributed by atoms with Crippen LogP contribution < -0.4 is 15.0 Å². The van der Waals surface area contributed by atoms with Crippen LogP contribution in [-0.2, 0) is 11.2 Å². The van der Waals surface area contributed by atoms with Crippen molar-refractivity contribution in [3.63, 3.8) is 0 Å². The summed E-state index contributed by atoms with van der Waals surface area (Å²) in [5, 5.41) is 0.944. The van der Waals surface area contributed by atoms with E-state index in [9.17, 15) is 9.59 Å². The minimum absolute atomic E-state index is 0.0224. The number of H-pyrrole nitrogens is 1. The standard InChI is InChI=1S/C25H28N2O4/c1-14(2)25(29)27-10-9-16-12-20(30-4)21(31-5)13-18(16)23(27)19-11-17-8-6-7-15(3)22(17)26-24(19)28/h6-8,11-14,23H,9-10H2,1-5H3,(H,26,28)/t23-/m1/s1. The van der Waals surface area contributed by atoms with Crippen molar-refractivity contribution >= 4 is 16.8 Å². The van der Waals surface area contributed by atoms with E-state index in [1.165, 1.54) is 0 Å². The lowest BCUT2D eigenvalue weighted by molar-refractivity contribution is -0.136. The molecule has 1 amide bonds. The highest BCUT2D eigenvalue weighted by Crippen LogP contribution is 2.41. The molecule has 1 atom stereocenters. The van der Waals surface area contributed by atoms with Gasteiger partial charge in [0.05, 0.1) is 25.8 Å². The largest absolute Gasteiger partial charge is 0.493 e. The molecule has 6 heteroatoms. The minimum Gasteiger partial charge on any atom is -0.493 e. The second-order valence-corrected chi connectivity index (χ2v) is 8.34. The van der Waals surface area contributed by atoms with Gasteiger partial charge in [0, 0.05) is 18.0 Å². The average Bonchev–Trinajstić information content (AvgIpc) is 2.77. The van der Waals surface area contributed by atoms with E-state index >= 15 is 0 Å². The molecule has 31 heavy (non-hydrogen) atoms. The van der Waals surface area contributed by atoms with Crippen molar-refractivity contribution in [2.45, 2.75) is 33.2 Å². The van der Waals surface area contributed by atoms with Gasteiger partial charge in [0.15, 0.2) is 11.5 Å². The van der Waals surface area contributed by atoms with Gasteiger partial charge in [0.25, 0.3) is 5.56 Å². The summed E-state index contributed by atoms with van der Waals surface area (Å²) in [6.45, 7) is 6.28. The Bertz CT molecular complexity index is 1210. The van der Waals surface area contributed by atoms with Crippen LogP contribution in [0.25, 0.3) is 10.9 Å². The number of methoxy groups -OCH3 is 2. The van der Waals surface area contributed by atoms with Gasteiger partial charge >= 0.3 is 0 Å². The predicted octanol–water partition coefficient (Wildman–Crippen LogP) is 3.98. The monoisotopic (exact) mass is 420 g/mol. The van der Waals surface area contributed by atoms with E-state index in [1.807, 2.05) is 62.1 Å². The van der Waals surface area contributed by atoms with E-state index in [1.54, 1.807) is 14.2 Å². The second-order valence-electron chi connectivity index (χ2n) is 8.34.